The molecule has 188 valence electrons. The van der Waals surface area contributed by atoms with Crippen LogP contribution < -0.4 is 0 Å². The van der Waals surface area contributed by atoms with E-state index in [2.05, 4.69) is 37.2 Å². The summed E-state index contributed by atoms with van der Waals surface area (Å²) in [6.45, 7) is 2.64. The number of ketones is 1. The summed E-state index contributed by atoms with van der Waals surface area (Å²) in [4.78, 5) is 21.2. The SMILES string of the molecule is CCn1c(SCC(=O)c2ccc(Br)cc2)nnc1-c1cc2c([nH]c3ccccc32)c(-c2cccc(O)c2)n1. The van der Waals surface area contributed by atoms with E-state index in [1.807, 2.05) is 66.1 Å². The number of carbonyl (C=O) groups is 1. The molecule has 0 bridgehead atoms. The molecular formula is C29H22BrN5O2S. The number of pyridine rings is 1. The number of phenolic OH excluding ortho intramolecular Hbond substituents is 1. The number of para-hydroxylation sites is 1. The molecule has 0 amide bonds. The van der Waals surface area contributed by atoms with Crippen LogP contribution in [0.3, 0.4) is 0 Å². The second kappa shape index (κ2) is 10.1. The second-order valence-corrected chi connectivity index (χ2v) is 10.6. The van der Waals surface area contributed by atoms with E-state index in [1.54, 1.807) is 18.2 Å². The number of phenols is 1. The molecule has 9 heteroatoms. The van der Waals surface area contributed by atoms with E-state index in [0.29, 0.717) is 28.8 Å². The quantitative estimate of drug-likeness (QED) is 0.153. The highest BCUT2D eigenvalue weighted by atomic mass is 79.9. The predicted octanol–water partition coefficient (Wildman–Crippen LogP) is 7.10. The fourth-order valence-corrected chi connectivity index (χ4v) is 5.70. The fraction of sp³-hybridized carbons (Fsp3) is 0.103. The molecule has 0 unspecified atom stereocenters. The van der Waals surface area contributed by atoms with Gasteiger partial charge >= 0.3 is 0 Å². The molecule has 0 saturated carbocycles. The average molecular weight is 584 g/mol. The van der Waals surface area contributed by atoms with Crippen LogP contribution in [0.5, 0.6) is 5.75 Å². The Morgan fingerprint density at radius 1 is 1.00 bits per heavy atom. The number of hydrogen-bond acceptors (Lipinski definition) is 6. The van der Waals surface area contributed by atoms with Crippen LogP contribution in [0, 0.1) is 0 Å². The molecule has 3 heterocycles. The lowest BCUT2D eigenvalue weighted by atomic mass is 10.1. The van der Waals surface area contributed by atoms with Gasteiger partial charge in [-0.3, -0.25) is 4.79 Å². The first-order valence-corrected chi connectivity index (χ1v) is 13.9. The molecule has 0 aliphatic rings. The number of Topliss-reactive ketones (excluding diaryl/α,β-unsaturated/α-hetero) is 1. The monoisotopic (exact) mass is 583 g/mol. The lowest BCUT2D eigenvalue weighted by Gasteiger charge is -2.10. The zero-order valence-electron chi connectivity index (χ0n) is 20.4. The molecule has 6 rings (SSSR count). The molecule has 0 radical (unpaired) electrons. The van der Waals surface area contributed by atoms with Gasteiger partial charge in [-0.25, -0.2) is 4.98 Å². The highest BCUT2D eigenvalue weighted by molar-refractivity contribution is 9.10. The molecule has 0 fully saturated rings. The van der Waals surface area contributed by atoms with Gasteiger partial charge in [-0.05, 0) is 43.3 Å². The molecule has 7 nitrogen and oxygen atoms in total. The number of aromatic amines is 1. The summed E-state index contributed by atoms with van der Waals surface area (Å²) in [6, 6.07) is 24.6. The minimum absolute atomic E-state index is 0.0270. The van der Waals surface area contributed by atoms with Crippen molar-refractivity contribution >= 4 is 55.3 Å². The Balaban J connectivity index is 1.43. The van der Waals surface area contributed by atoms with Crippen LogP contribution in [0.25, 0.3) is 44.6 Å². The summed E-state index contributed by atoms with van der Waals surface area (Å²) in [7, 11) is 0. The smallest absolute Gasteiger partial charge is 0.191 e. The van der Waals surface area contributed by atoms with Gasteiger partial charge in [0.2, 0.25) is 0 Å². The molecule has 0 atom stereocenters. The number of halogens is 1. The molecule has 6 aromatic rings. The van der Waals surface area contributed by atoms with Crippen molar-refractivity contribution in [2.75, 3.05) is 5.75 Å². The molecule has 0 spiro atoms. The summed E-state index contributed by atoms with van der Waals surface area (Å²) >= 11 is 4.77. The van der Waals surface area contributed by atoms with Gasteiger partial charge in [0, 0.05) is 38.4 Å². The third-order valence-corrected chi connectivity index (χ3v) is 7.87. The van der Waals surface area contributed by atoms with Gasteiger partial charge in [0.15, 0.2) is 16.8 Å². The Labute approximate surface area is 231 Å². The van der Waals surface area contributed by atoms with Crippen molar-refractivity contribution in [2.24, 2.45) is 0 Å². The van der Waals surface area contributed by atoms with Gasteiger partial charge in [0.1, 0.15) is 11.4 Å². The second-order valence-electron chi connectivity index (χ2n) is 8.77. The van der Waals surface area contributed by atoms with Crippen molar-refractivity contribution in [3.63, 3.8) is 0 Å². The molecular weight excluding hydrogens is 562 g/mol. The van der Waals surface area contributed by atoms with Gasteiger partial charge < -0.3 is 14.7 Å². The number of nitrogens with one attached hydrogen (secondary N) is 1. The minimum Gasteiger partial charge on any atom is -0.508 e. The van der Waals surface area contributed by atoms with E-state index in [-0.39, 0.29) is 17.3 Å². The normalized spacial score (nSPS) is 11.4. The number of benzene rings is 3. The number of nitrogens with zero attached hydrogens (tertiary/aromatic N) is 4. The molecule has 0 aliphatic carbocycles. The number of thioether (sulfide) groups is 1. The van der Waals surface area contributed by atoms with Crippen LogP contribution in [0.15, 0.2) is 88.5 Å². The van der Waals surface area contributed by atoms with Crippen LogP contribution >= 0.6 is 27.7 Å². The zero-order chi connectivity index (χ0) is 26.2. The maximum absolute atomic E-state index is 12.7. The van der Waals surface area contributed by atoms with Crippen molar-refractivity contribution in [3.05, 3.63) is 88.9 Å². The Kier molecular flexibility index (Phi) is 6.47. The fourth-order valence-electron chi connectivity index (χ4n) is 4.54. The number of aromatic nitrogens is 5. The van der Waals surface area contributed by atoms with Crippen LogP contribution in [0.1, 0.15) is 17.3 Å². The van der Waals surface area contributed by atoms with Crippen molar-refractivity contribution < 1.29 is 9.90 Å². The summed E-state index contributed by atoms with van der Waals surface area (Å²) < 4.78 is 2.91. The number of rotatable bonds is 7. The summed E-state index contributed by atoms with van der Waals surface area (Å²) in [6.07, 6.45) is 0. The molecule has 2 N–H and O–H groups in total. The Morgan fingerprint density at radius 3 is 2.61 bits per heavy atom. The lowest BCUT2D eigenvalue weighted by molar-refractivity contribution is 0.102. The van der Waals surface area contributed by atoms with Crippen molar-refractivity contribution in [1.29, 1.82) is 0 Å². The maximum Gasteiger partial charge on any atom is 0.191 e. The molecule has 0 aliphatic heterocycles. The highest BCUT2D eigenvalue weighted by Crippen LogP contribution is 2.36. The Bertz CT molecular complexity index is 1810. The predicted molar refractivity (Wildman–Crippen MR) is 155 cm³/mol. The summed E-state index contributed by atoms with van der Waals surface area (Å²) in [5.41, 5.74) is 4.72. The summed E-state index contributed by atoms with van der Waals surface area (Å²) in [5, 5.41) is 21.8. The van der Waals surface area contributed by atoms with Crippen molar-refractivity contribution in [1.82, 2.24) is 24.7 Å². The summed E-state index contributed by atoms with van der Waals surface area (Å²) in [5.74, 6) is 1.08. The Morgan fingerprint density at radius 2 is 1.82 bits per heavy atom. The standard InChI is InChI=1S/C29H22BrN5O2S/c1-2-35-28(33-34-29(35)38-16-25(37)17-10-12-19(30)13-11-17)24-15-22-21-8-3-4-9-23(21)31-27(22)26(32-24)18-6-5-7-20(36)14-18/h3-15,31,36H,2,16H2,1H3. The zero-order valence-corrected chi connectivity index (χ0v) is 22.8. The van der Waals surface area contributed by atoms with E-state index in [4.69, 9.17) is 4.98 Å². The maximum atomic E-state index is 12.7. The van der Waals surface area contributed by atoms with Crippen LogP contribution in [-0.2, 0) is 6.54 Å². The highest BCUT2D eigenvalue weighted by Gasteiger charge is 2.20. The number of hydrogen-bond donors (Lipinski definition) is 2. The average Bonchev–Trinajstić information content (AvgIpc) is 3.52. The van der Waals surface area contributed by atoms with Gasteiger partial charge in [0.05, 0.1) is 17.0 Å². The van der Waals surface area contributed by atoms with Crippen molar-refractivity contribution in [3.8, 4) is 28.5 Å². The number of aromatic hydroxyl groups is 1. The third-order valence-electron chi connectivity index (χ3n) is 6.38. The van der Waals surface area contributed by atoms with E-state index in [0.717, 1.165) is 37.5 Å². The topological polar surface area (TPSA) is 96.7 Å². The number of H-pyrrole nitrogens is 1. The van der Waals surface area contributed by atoms with Crippen LogP contribution in [0.2, 0.25) is 0 Å². The van der Waals surface area contributed by atoms with Crippen LogP contribution in [0.4, 0.5) is 0 Å². The van der Waals surface area contributed by atoms with Gasteiger partial charge in [0.25, 0.3) is 0 Å². The lowest BCUT2D eigenvalue weighted by Crippen LogP contribution is -2.05. The van der Waals surface area contributed by atoms with Gasteiger partial charge in [-0.1, -0.05) is 70.2 Å². The van der Waals surface area contributed by atoms with Gasteiger partial charge in [-0.2, -0.15) is 0 Å². The first-order valence-electron chi connectivity index (χ1n) is 12.1. The van der Waals surface area contributed by atoms with Crippen LogP contribution in [-0.4, -0.2) is 41.4 Å². The molecule has 38 heavy (non-hydrogen) atoms. The first-order chi connectivity index (χ1) is 18.5. The van der Waals surface area contributed by atoms with E-state index >= 15 is 0 Å². The first kappa shape index (κ1) is 24.4. The molecule has 0 saturated heterocycles. The number of carbonyl (C=O) groups excluding carboxylic acids is 1. The molecule has 3 aromatic heterocycles. The van der Waals surface area contributed by atoms with Gasteiger partial charge in [-0.15, -0.1) is 10.2 Å². The number of fused-ring (bicyclic) bond motifs is 3. The van der Waals surface area contributed by atoms with E-state index < -0.39 is 0 Å². The van der Waals surface area contributed by atoms with E-state index in [9.17, 15) is 9.90 Å². The largest absolute Gasteiger partial charge is 0.508 e. The minimum atomic E-state index is 0.0270. The third kappa shape index (κ3) is 4.48. The van der Waals surface area contributed by atoms with Crippen molar-refractivity contribution in [2.45, 2.75) is 18.6 Å². The Hall–Kier alpha value is -3.95. The van der Waals surface area contributed by atoms with E-state index in [1.165, 1.54) is 11.8 Å². The molecule has 3 aromatic carbocycles.